The van der Waals surface area contributed by atoms with Gasteiger partial charge in [-0.15, -0.1) is 0 Å². The smallest absolute Gasteiger partial charge is 0.313 e. The van der Waals surface area contributed by atoms with Crippen molar-refractivity contribution in [2.45, 2.75) is 74.1 Å². The quantitative estimate of drug-likeness (QED) is 0.177. The van der Waals surface area contributed by atoms with E-state index in [1.54, 1.807) is 0 Å². The van der Waals surface area contributed by atoms with Crippen molar-refractivity contribution >= 4 is 41.8 Å². The Morgan fingerprint density at radius 1 is 0.979 bits per heavy atom. The van der Waals surface area contributed by atoms with Gasteiger partial charge in [-0.1, -0.05) is 32.1 Å². The molecule has 3 aliphatic rings. The summed E-state index contributed by atoms with van der Waals surface area (Å²) in [7, 11) is 1.45. The van der Waals surface area contributed by atoms with E-state index >= 15 is 0 Å². The van der Waals surface area contributed by atoms with Gasteiger partial charge in [0.05, 0.1) is 13.0 Å². The Hall–Kier alpha value is -4.72. The summed E-state index contributed by atoms with van der Waals surface area (Å²) >= 11 is 0. The van der Waals surface area contributed by atoms with Crippen molar-refractivity contribution in [2.24, 2.45) is 17.8 Å². The maximum Gasteiger partial charge on any atom is 0.313 e. The van der Waals surface area contributed by atoms with Crippen LogP contribution in [-0.2, 0) is 31.9 Å². The average molecular weight is 649 g/mol. The van der Waals surface area contributed by atoms with E-state index in [9.17, 15) is 9.59 Å². The van der Waals surface area contributed by atoms with Crippen LogP contribution in [0.5, 0.6) is 0 Å². The number of allylic oxidation sites excluding steroid dienone is 3. The first-order chi connectivity index (χ1) is 23.0. The number of aromatic amines is 3. The standard InChI is InChI=1S/C40H48N4O4/c1-10-25-21(5)30-17-32-23(7)27(12-13-36(45)48-15-14-20(3)4)38(43-32)37-29(40(46)47-9)16-28-24(8)33(44-39(28)37)19-35-26(11-2)22(6)31(42-35)18-34(25)41-30/h10,14,17-19,23,27,29,41-44H,1,11-13,15-16H2,2-9H3/b31-18-,32-17-,35-19-,38-37-/t23-,27-,29-/m0/s1. The minimum absolute atomic E-state index is 0.0421. The fraction of sp³-hybridized carbons (Fsp3) is 0.400. The predicted octanol–water partition coefficient (Wildman–Crippen LogP) is 6.02. The monoisotopic (exact) mass is 648 g/mol. The van der Waals surface area contributed by atoms with Crippen molar-refractivity contribution in [1.29, 1.82) is 0 Å². The van der Waals surface area contributed by atoms with Gasteiger partial charge in [-0.05, 0) is 106 Å². The minimum atomic E-state index is -0.463. The number of nitrogens with one attached hydrogen (secondary N) is 4. The van der Waals surface area contributed by atoms with Crippen LogP contribution in [0.2, 0.25) is 0 Å². The molecular weight excluding hydrogens is 600 g/mol. The highest BCUT2D eigenvalue weighted by Gasteiger charge is 2.43. The largest absolute Gasteiger partial charge is 0.469 e. The fourth-order valence-electron chi connectivity index (χ4n) is 7.75. The van der Waals surface area contributed by atoms with E-state index in [-0.39, 0.29) is 36.8 Å². The van der Waals surface area contributed by atoms with Crippen LogP contribution in [0.1, 0.15) is 96.7 Å². The number of fused-ring (bicyclic) bond motifs is 7. The zero-order valence-electron chi connectivity index (χ0n) is 29.5. The zero-order chi connectivity index (χ0) is 34.4. The molecule has 0 amide bonds. The maximum atomic E-state index is 13.4. The minimum Gasteiger partial charge on any atom is -0.469 e. The van der Waals surface area contributed by atoms with Gasteiger partial charge in [0.15, 0.2) is 0 Å². The van der Waals surface area contributed by atoms with Gasteiger partial charge in [0, 0.05) is 74.3 Å². The molecule has 2 aliphatic heterocycles. The van der Waals surface area contributed by atoms with Crippen molar-refractivity contribution in [1.82, 2.24) is 20.3 Å². The van der Waals surface area contributed by atoms with E-state index in [2.05, 4.69) is 79.7 Å². The molecule has 5 heterocycles. The molecule has 252 valence electrons. The lowest BCUT2D eigenvalue weighted by Crippen LogP contribution is -2.21. The number of rotatable bonds is 8. The Morgan fingerprint density at radius 2 is 1.71 bits per heavy atom. The summed E-state index contributed by atoms with van der Waals surface area (Å²) in [4.78, 5) is 37.5. The summed E-state index contributed by atoms with van der Waals surface area (Å²) in [6.45, 7) is 19.2. The van der Waals surface area contributed by atoms with E-state index in [0.717, 1.165) is 84.7 Å². The lowest BCUT2D eigenvalue weighted by atomic mass is 9.85. The van der Waals surface area contributed by atoms with Gasteiger partial charge in [-0.2, -0.15) is 0 Å². The van der Waals surface area contributed by atoms with Crippen molar-refractivity contribution in [3.63, 3.8) is 0 Å². The maximum absolute atomic E-state index is 13.4. The van der Waals surface area contributed by atoms with E-state index in [0.29, 0.717) is 12.8 Å². The predicted molar refractivity (Wildman–Crippen MR) is 192 cm³/mol. The first-order valence-electron chi connectivity index (χ1n) is 17.0. The molecule has 1 fully saturated rings. The number of hydrogen-bond donors (Lipinski definition) is 4. The van der Waals surface area contributed by atoms with Crippen LogP contribution in [0.4, 0.5) is 0 Å². The van der Waals surface area contributed by atoms with E-state index in [1.807, 2.05) is 26.0 Å². The molecule has 0 aromatic carbocycles. The molecule has 3 atom stereocenters. The molecule has 4 N–H and O–H groups in total. The van der Waals surface area contributed by atoms with Crippen molar-refractivity contribution in [2.75, 3.05) is 13.7 Å². The molecule has 0 saturated carbocycles. The number of esters is 2. The highest BCUT2D eigenvalue weighted by molar-refractivity contribution is 5.94. The van der Waals surface area contributed by atoms with Gasteiger partial charge in [0.2, 0.25) is 0 Å². The number of ether oxygens (including phenoxy) is 2. The van der Waals surface area contributed by atoms with Crippen LogP contribution < -0.4 is 16.0 Å². The Balaban J connectivity index is 1.59. The first kappa shape index (κ1) is 33.2. The van der Waals surface area contributed by atoms with E-state index in [1.165, 1.54) is 18.2 Å². The van der Waals surface area contributed by atoms with Gasteiger partial charge < -0.3 is 29.7 Å². The van der Waals surface area contributed by atoms with Crippen LogP contribution in [0.25, 0.3) is 29.9 Å². The summed E-state index contributed by atoms with van der Waals surface area (Å²) in [6.07, 6.45) is 12.7. The average Bonchev–Trinajstić information content (AvgIpc) is 3.81. The summed E-state index contributed by atoms with van der Waals surface area (Å²) in [6, 6.07) is 0. The van der Waals surface area contributed by atoms with Gasteiger partial charge in [0.25, 0.3) is 0 Å². The molecule has 8 bridgehead atoms. The van der Waals surface area contributed by atoms with Gasteiger partial charge in [0.1, 0.15) is 6.61 Å². The molecule has 6 rings (SSSR count). The summed E-state index contributed by atoms with van der Waals surface area (Å²) in [5.74, 6) is -0.961. The first-order valence-corrected chi connectivity index (χ1v) is 17.0. The molecule has 8 nitrogen and oxygen atoms in total. The molecule has 0 radical (unpaired) electrons. The highest BCUT2D eigenvalue weighted by atomic mass is 16.5. The number of methoxy groups -OCH3 is 1. The molecule has 0 unspecified atom stereocenters. The number of carbonyl (C=O) groups excluding carboxylic acids is 2. The Bertz CT molecular complexity index is 2040. The van der Waals surface area contributed by atoms with E-state index in [4.69, 9.17) is 9.47 Å². The van der Waals surface area contributed by atoms with E-state index < -0.39 is 5.92 Å². The Labute approximate surface area is 282 Å². The molecule has 0 spiro atoms. The van der Waals surface area contributed by atoms with Gasteiger partial charge in [-0.25, -0.2) is 0 Å². The second-order valence-corrected chi connectivity index (χ2v) is 13.6. The number of hydrogen-bond acceptors (Lipinski definition) is 5. The lowest BCUT2D eigenvalue weighted by molar-refractivity contribution is -0.144. The van der Waals surface area contributed by atoms with Gasteiger partial charge >= 0.3 is 11.9 Å². The lowest BCUT2D eigenvalue weighted by Gasteiger charge is -2.20. The molecule has 48 heavy (non-hydrogen) atoms. The summed E-state index contributed by atoms with van der Waals surface area (Å²) in [5.41, 5.74) is 14.9. The van der Waals surface area contributed by atoms with Crippen molar-refractivity contribution in [3.05, 3.63) is 96.5 Å². The van der Waals surface area contributed by atoms with Crippen molar-refractivity contribution < 1.29 is 19.1 Å². The second kappa shape index (κ2) is 13.1. The van der Waals surface area contributed by atoms with Crippen LogP contribution >= 0.6 is 0 Å². The third-order valence-electron chi connectivity index (χ3n) is 10.6. The Morgan fingerprint density at radius 3 is 2.40 bits per heavy atom. The summed E-state index contributed by atoms with van der Waals surface area (Å²) in [5, 5.41) is 5.91. The SMILES string of the molecule is C=Cc1c2[nH]c(c1C)/C=C1\N/C(=C3\c4[nH]c(c(C)c4C[C@@H]3C(=O)OC)/C=c3\[nH]/c(c(C)c3CC)=C\2)[C@@H](CCC(=O)OCC=C(C)C)[C@@H]1C. The number of H-pyrrole nitrogens is 3. The Kier molecular flexibility index (Phi) is 9.03. The third-order valence-corrected chi connectivity index (χ3v) is 10.6. The van der Waals surface area contributed by atoms with Crippen LogP contribution in [-0.4, -0.2) is 40.6 Å². The third kappa shape index (κ3) is 5.71. The molecule has 8 heteroatoms. The van der Waals surface area contributed by atoms with Crippen molar-refractivity contribution in [3.8, 4) is 0 Å². The fourth-order valence-corrected chi connectivity index (χ4v) is 7.75. The molecule has 3 aromatic rings. The number of carbonyl (C=O) groups is 2. The molecule has 3 aromatic heterocycles. The van der Waals surface area contributed by atoms with Gasteiger partial charge in [-0.3, -0.25) is 9.59 Å². The van der Waals surface area contributed by atoms with Crippen LogP contribution in [0.3, 0.4) is 0 Å². The number of aromatic nitrogens is 3. The molecule has 1 aliphatic carbocycles. The normalized spacial score (nSPS) is 23.2. The zero-order valence-corrected chi connectivity index (χ0v) is 29.5. The highest BCUT2D eigenvalue weighted by Crippen LogP contribution is 2.48. The topological polar surface area (TPSA) is 112 Å². The second-order valence-electron chi connectivity index (χ2n) is 13.6. The van der Waals surface area contributed by atoms with Crippen LogP contribution in [0, 0.1) is 38.5 Å². The van der Waals surface area contributed by atoms with Crippen LogP contribution in [0.15, 0.2) is 29.6 Å². The molecule has 1 saturated heterocycles. The molecular formula is C40H48N4O4. The summed E-state index contributed by atoms with van der Waals surface area (Å²) < 4.78 is 10.9.